The second-order valence-corrected chi connectivity index (χ2v) is 16.8. The van der Waals surface area contributed by atoms with Gasteiger partial charge in [-0.2, -0.15) is 0 Å². The van der Waals surface area contributed by atoms with Gasteiger partial charge < -0.3 is 24.6 Å². The van der Waals surface area contributed by atoms with E-state index in [0.717, 1.165) is 32.2 Å². The molecule has 0 saturated carbocycles. The number of carbonyl (C=O) groups is 3. The maximum atomic E-state index is 14.1. The van der Waals surface area contributed by atoms with Gasteiger partial charge in [-0.3, -0.25) is 14.4 Å². The zero-order valence-electron chi connectivity index (χ0n) is 30.5. The number of ether oxygens (including phenoxy) is 2. The van der Waals surface area contributed by atoms with Crippen molar-refractivity contribution in [3.8, 4) is 0 Å². The molecule has 53 heavy (non-hydrogen) atoms. The van der Waals surface area contributed by atoms with Crippen molar-refractivity contribution in [2.24, 2.45) is 0 Å². The Bertz CT molecular complexity index is 1890. The fourth-order valence-electron chi connectivity index (χ4n) is 8.50. The lowest BCUT2D eigenvalue weighted by molar-refractivity contribution is -0.137. The summed E-state index contributed by atoms with van der Waals surface area (Å²) in [5.74, 6) is -2.81. The summed E-state index contributed by atoms with van der Waals surface area (Å²) in [5.41, 5.74) is 2.10. The first-order valence-electron chi connectivity index (χ1n) is 17.9. The number of piperidine rings is 1. The van der Waals surface area contributed by atoms with Crippen LogP contribution in [0.15, 0.2) is 65.0 Å². The van der Waals surface area contributed by atoms with Crippen molar-refractivity contribution < 1.29 is 32.3 Å². The molecule has 3 fully saturated rings. The number of nitrogens with zero attached hydrogens (tertiary/aromatic N) is 3. The molecule has 0 aliphatic carbocycles. The summed E-state index contributed by atoms with van der Waals surface area (Å²) < 4.78 is 37.4. The van der Waals surface area contributed by atoms with Gasteiger partial charge >= 0.3 is 11.9 Å². The molecule has 4 aliphatic heterocycles. The minimum Gasteiger partial charge on any atom is -0.466 e. The molecule has 4 heterocycles. The molecular weight excluding hydrogens is 741 g/mol. The number of halogens is 2. The van der Waals surface area contributed by atoms with E-state index in [2.05, 4.69) is 26.9 Å². The standard InChI is InChI=1S/C38H47Cl2N5O7S/c1-43-24-13-14-25(43)21-26(20-24)44-16-18-45(19-17-44)32(46)22-31-35(38(48)52-3)36(33-27(39)9-7-10-28(33)40)34(37(47)51-2)30(41-31)15-12-23-8-5-6-11-29(23)42-53(4,49)50/h5-11,24-26,36,41-42H,12-22H2,1-4H3. The molecule has 3 unspecified atom stereocenters. The van der Waals surface area contributed by atoms with E-state index in [0.29, 0.717) is 53.7 Å². The predicted octanol–water partition coefficient (Wildman–Crippen LogP) is 4.70. The number of esters is 2. The number of rotatable bonds is 11. The number of benzene rings is 2. The second-order valence-electron chi connectivity index (χ2n) is 14.3. The number of para-hydroxylation sites is 1. The minimum atomic E-state index is -3.58. The number of hydrogen-bond acceptors (Lipinski definition) is 10. The van der Waals surface area contributed by atoms with E-state index in [1.165, 1.54) is 27.1 Å². The first kappa shape index (κ1) is 39.1. The Hall–Kier alpha value is -3.62. The number of piperazine rings is 1. The first-order chi connectivity index (χ1) is 25.3. The van der Waals surface area contributed by atoms with Gasteiger partial charge in [-0.05, 0) is 69.3 Å². The van der Waals surface area contributed by atoms with Gasteiger partial charge in [0.2, 0.25) is 15.9 Å². The number of carbonyl (C=O) groups excluding carboxylic acids is 3. The van der Waals surface area contributed by atoms with E-state index in [-0.39, 0.29) is 52.1 Å². The van der Waals surface area contributed by atoms with Crippen LogP contribution in [-0.4, -0.2) is 113 Å². The summed E-state index contributed by atoms with van der Waals surface area (Å²) in [4.78, 5) is 48.5. The van der Waals surface area contributed by atoms with Gasteiger partial charge in [-0.1, -0.05) is 47.5 Å². The number of allylic oxidation sites excluding steroid dienone is 1. The molecule has 2 N–H and O–H groups in total. The smallest absolute Gasteiger partial charge is 0.336 e. The molecule has 2 bridgehead atoms. The average Bonchev–Trinajstić information content (AvgIpc) is 3.31. The number of methoxy groups -OCH3 is 2. The Labute approximate surface area is 321 Å². The molecule has 15 heteroatoms. The molecule has 12 nitrogen and oxygen atoms in total. The van der Waals surface area contributed by atoms with Crippen LogP contribution in [-0.2, 0) is 40.3 Å². The normalized spacial score (nSPS) is 23.8. The fourth-order valence-corrected chi connectivity index (χ4v) is 9.72. The van der Waals surface area contributed by atoms with Gasteiger partial charge in [0.05, 0.1) is 49.6 Å². The van der Waals surface area contributed by atoms with Gasteiger partial charge in [0.15, 0.2) is 0 Å². The van der Waals surface area contributed by atoms with Crippen LogP contribution in [0.1, 0.15) is 55.6 Å². The third kappa shape index (κ3) is 8.54. The Morgan fingerprint density at radius 2 is 1.42 bits per heavy atom. The molecule has 3 saturated heterocycles. The van der Waals surface area contributed by atoms with Crippen LogP contribution in [0, 0.1) is 0 Å². The molecule has 286 valence electrons. The van der Waals surface area contributed by atoms with E-state index in [1.807, 2.05) is 4.90 Å². The second kappa shape index (κ2) is 16.4. The van der Waals surface area contributed by atoms with Crippen molar-refractivity contribution in [3.63, 3.8) is 0 Å². The molecule has 4 aliphatic rings. The van der Waals surface area contributed by atoms with Gasteiger partial charge in [-0.25, -0.2) is 18.0 Å². The third-order valence-corrected chi connectivity index (χ3v) is 12.4. The highest BCUT2D eigenvalue weighted by molar-refractivity contribution is 7.92. The number of sulfonamides is 1. The number of aryl methyl sites for hydroxylation is 1. The Kier molecular flexibility index (Phi) is 12.1. The SMILES string of the molecule is COC(=O)C1=C(CCc2ccccc2NS(C)(=O)=O)NC(CC(=O)N2CCN(C3CC4CCC(C3)N4C)CC2)=C(C(=O)OC)C1c1c(Cl)cccc1Cl. The first-order valence-corrected chi connectivity index (χ1v) is 20.6. The largest absolute Gasteiger partial charge is 0.466 e. The van der Waals surface area contributed by atoms with Crippen LogP contribution in [0.25, 0.3) is 0 Å². The highest BCUT2D eigenvalue weighted by Crippen LogP contribution is 2.46. The number of fused-ring (bicyclic) bond motifs is 2. The van der Waals surface area contributed by atoms with Gasteiger partial charge in [-0.15, -0.1) is 0 Å². The summed E-state index contributed by atoms with van der Waals surface area (Å²) in [6.45, 7) is 2.65. The van der Waals surface area contributed by atoms with Crippen LogP contribution < -0.4 is 10.0 Å². The van der Waals surface area contributed by atoms with Crippen LogP contribution in [0.2, 0.25) is 10.0 Å². The summed E-state index contributed by atoms with van der Waals surface area (Å²) in [6.07, 6.45) is 6.15. The molecule has 2 aromatic carbocycles. The van der Waals surface area contributed by atoms with Crippen molar-refractivity contribution in [1.82, 2.24) is 20.0 Å². The number of nitrogens with one attached hydrogen (secondary N) is 2. The number of dihydropyridines is 1. The lowest BCUT2D eigenvalue weighted by Gasteiger charge is -2.45. The van der Waals surface area contributed by atoms with Gasteiger partial charge in [0.25, 0.3) is 0 Å². The summed E-state index contributed by atoms with van der Waals surface area (Å²) >= 11 is 13.5. The molecule has 0 spiro atoms. The van der Waals surface area contributed by atoms with Gasteiger partial charge in [0.1, 0.15) is 0 Å². The van der Waals surface area contributed by atoms with Crippen LogP contribution in [0.4, 0.5) is 5.69 Å². The third-order valence-electron chi connectivity index (χ3n) is 11.2. The molecule has 6 rings (SSSR count). The van der Waals surface area contributed by atoms with Crippen molar-refractivity contribution in [3.05, 3.63) is 86.2 Å². The van der Waals surface area contributed by atoms with E-state index in [4.69, 9.17) is 32.7 Å². The van der Waals surface area contributed by atoms with E-state index in [1.54, 1.807) is 42.5 Å². The number of hydrogen-bond donors (Lipinski definition) is 2. The van der Waals surface area contributed by atoms with Crippen LogP contribution in [0.3, 0.4) is 0 Å². The Morgan fingerprint density at radius 3 is 2.00 bits per heavy atom. The molecule has 0 radical (unpaired) electrons. The van der Waals surface area contributed by atoms with Crippen LogP contribution in [0.5, 0.6) is 0 Å². The quantitative estimate of drug-likeness (QED) is 0.309. The average molecular weight is 789 g/mol. The lowest BCUT2D eigenvalue weighted by atomic mass is 9.78. The van der Waals surface area contributed by atoms with Crippen LogP contribution >= 0.6 is 23.2 Å². The summed E-state index contributed by atoms with van der Waals surface area (Å²) in [6, 6.07) is 13.6. The maximum Gasteiger partial charge on any atom is 0.336 e. The Morgan fingerprint density at radius 1 is 0.830 bits per heavy atom. The maximum absolute atomic E-state index is 14.1. The Balaban J connectivity index is 1.32. The van der Waals surface area contributed by atoms with Gasteiger partial charge in [0, 0.05) is 71.3 Å². The molecule has 3 atom stereocenters. The van der Waals surface area contributed by atoms with E-state index in [9.17, 15) is 22.8 Å². The van der Waals surface area contributed by atoms with Crippen molar-refractivity contribution in [2.75, 3.05) is 58.4 Å². The minimum absolute atomic E-state index is 0.0274. The highest BCUT2D eigenvalue weighted by atomic mass is 35.5. The molecular formula is C38H47Cl2N5O7S. The van der Waals surface area contributed by atoms with E-state index < -0.39 is 27.9 Å². The summed E-state index contributed by atoms with van der Waals surface area (Å²) in [5, 5.41) is 3.70. The number of anilines is 1. The lowest BCUT2D eigenvalue weighted by Crippen LogP contribution is -2.56. The zero-order chi connectivity index (χ0) is 38.0. The summed E-state index contributed by atoms with van der Waals surface area (Å²) in [7, 11) is 1.13. The zero-order valence-corrected chi connectivity index (χ0v) is 32.8. The van der Waals surface area contributed by atoms with Crippen molar-refractivity contribution in [1.29, 1.82) is 0 Å². The predicted molar refractivity (Wildman–Crippen MR) is 204 cm³/mol. The van der Waals surface area contributed by atoms with E-state index >= 15 is 0 Å². The van der Waals surface area contributed by atoms with Crippen molar-refractivity contribution in [2.45, 2.75) is 69.0 Å². The monoisotopic (exact) mass is 787 g/mol. The molecule has 2 aromatic rings. The number of amides is 1. The molecule has 0 aromatic heterocycles. The molecule has 1 amide bonds. The van der Waals surface area contributed by atoms with Crippen molar-refractivity contribution >= 4 is 56.8 Å². The topological polar surface area (TPSA) is 138 Å². The fraction of sp³-hybridized carbons (Fsp3) is 0.500. The highest BCUT2D eigenvalue weighted by Gasteiger charge is 2.43.